The van der Waals surface area contributed by atoms with Crippen LogP contribution in [0.2, 0.25) is 0 Å². The quantitative estimate of drug-likeness (QED) is 0.215. The molecule has 2 N–H and O–H groups in total. The third kappa shape index (κ3) is 8.36. The molecule has 2 nitrogen and oxygen atoms in total. The van der Waals surface area contributed by atoms with Gasteiger partial charge in [-0.15, -0.1) is 0 Å². The van der Waals surface area contributed by atoms with Crippen LogP contribution in [0.3, 0.4) is 0 Å². The lowest BCUT2D eigenvalue weighted by molar-refractivity contribution is 0.389. The maximum absolute atomic E-state index is 10.7. The molecule has 0 amide bonds. The van der Waals surface area contributed by atoms with Gasteiger partial charge in [-0.05, 0) is 74.5 Å². The van der Waals surface area contributed by atoms with Crippen LogP contribution in [0.4, 0.5) is 0 Å². The van der Waals surface area contributed by atoms with Crippen molar-refractivity contribution >= 4 is 10.8 Å². The van der Waals surface area contributed by atoms with E-state index in [1.807, 2.05) is 26.0 Å². The first-order valence-corrected chi connectivity index (χ1v) is 13.7. The van der Waals surface area contributed by atoms with E-state index in [9.17, 15) is 10.2 Å². The topological polar surface area (TPSA) is 40.5 Å². The van der Waals surface area contributed by atoms with E-state index in [0.29, 0.717) is 5.75 Å². The monoisotopic (exact) mass is 466 g/mol. The molecule has 34 heavy (non-hydrogen) atoms. The van der Waals surface area contributed by atoms with Gasteiger partial charge in [-0.25, -0.2) is 0 Å². The van der Waals surface area contributed by atoms with Crippen LogP contribution in [-0.4, -0.2) is 10.2 Å². The first-order chi connectivity index (χ1) is 16.1. The Bertz CT molecular complexity index is 938. The van der Waals surface area contributed by atoms with Gasteiger partial charge in [0.2, 0.25) is 0 Å². The number of benzene rings is 2. The lowest BCUT2D eigenvalue weighted by Gasteiger charge is -2.15. The van der Waals surface area contributed by atoms with Crippen molar-refractivity contribution in [2.24, 2.45) is 17.8 Å². The van der Waals surface area contributed by atoms with Gasteiger partial charge >= 0.3 is 0 Å². The van der Waals surface area contributed by atoms with Crippen LogP contribution in [0.1, 0.15) is 109 Å². The predicted octanol–water partition coefficient (Wildman–Crippen LogP) is 9.80. The zero-order chi connectivity index (χ0) is 25.3. The second-order valence-corrected chi connectivity index (χ2v) is 11.4. The number of allylic oxidation sites excluding steroid dienone is 2. The zero-order valence-corrected chi connectivity index (χ0v) is 23.0. The van der Waals surface area contributed by atoms with E-state index in [2.05, 4.69) is 46.8 Å². The average molecular weight is 467 g/mol. The van der Waals surface area contributed by atoms with E-state index in [0.717, 1.165) is 58.1 Å². The van der Waals surface area contributed by atoms with Gasteiger partial charge in [0, 0.05) is 10.8 Å². The lowest BCUT2D eigenvalue weighted by atomic mass is 9.91. The fourth-order valence-corrected chi connectivity index (χ4v) is 5.09. The average Bonchev–Trinajstić information content (AvgIpc) is 2.79. The summed E-state index contributed by atoms with van der Waals surface area (Å²) in [5.41, 5.74) is 4.00. The number of hydrogen-bond donors (Lipinski definition) is 2. The number of aromatic hydroxyl groups is 2. The number of phenolic OH excluding ortho intramolecular Hbond substituents is 2. The Morgan fingerprint density at radius 3 is 1.97 bits per heavy atom. The van der Waals surface area contributed by atoms with Crippen molar-refractivity contribution in [2.45, 2.75) is 113 Å². The van der Waals surface area contributed by atoms with Gasteiger partial charge in [-0.2, -0.15) is 0 Å². The molecule has 2 aromatic rings. The Morgan fingerprint density at radius 2 is 1.35 bits per heavy atom. The molecule has 0 aliphatic rings. The van der Waals surface area contributed by atoms with Crippen molar-refractivity contribution < 1.29 is 10.2 Å². The third-order valence-corrected chi connectivity index (χ3v) is 7.73. The van der Waals surface area contributed by atoms with Crippen molar-refractivity contribution in [3.05, 3.63) is 46.5 Å². The highest BCUT2D eigenvalue weighted by Gasteiger charge is 2.15. The number of fused-ring (bicyclic) bond motifs is 1. The molecule has 0 aromatic heterocycles. The highest BCUT2D eigenvalue weighted by Crippen LogP contribution is 2.40. The highest BCUT2D eigenvalue weighted by atomic mass is 16.3. The molecule has 2 rings (SSSR count). The Kier molecular flexibility index (Phi) is 11.5. The first kappa shape index (κ1) is 28.3. The number of hydrogen-bond acceptors (Lipinski definition) is 2. The molecule has 0 aliphatic carbocycles. The molecule has 0 saturated heterocycles. The minimum atomic E-state index is 0.284. The molecule has 2 atom stereocenters. The summed E-state index contributed by atoms with van der Waals surface area (Å²) in [5, 5.41) is 22.8. The summed E-state index contributed by atoms with van der Waals surface area (Å²) in [6.45, 7) is 15.4. The van der Waals surface area contributed by atoms with Gasteiger partial charge in [-0.1, -0.05) is 102 Å². The summed E-state index contributed by atoms with van der Waals surface area (Å²) in [6, 6.07) is 5.93. The molecule has 0 spiro atoms. The van der Waals surface area contributed by atoms with Crippen LogP contribution in [-0.2, 0) is 6.42 Å². The molecule has 2 heteroatoms. The second-order valence-electron chi connectivity index (χ2n) is 11.4. The fourth-order valence-electron chi connectivity index (χ4n) is 5.09. The van der Waals surface area contributed by atoms with Crippen molar-refractivity contribution in [1.82, 2.24) is 0 Å². The van der Waals surface area contributed by atoms with Crippen LogP contribution in [0, 0.1) is 31.6 Å². The van der Waals surface area contributed by atoms with Gasteiger partial charge in [0.15, 0.2) is 0 Å². The Hall–Kier alpha value is -1.96. The van der Waals surface area contributed by atoms with Crippen LogP contribution in [0.5, 0.6) is 11.5 Å². The summed E-state index contributed by atoms with van der Waals surface area (Å²) in [6.07, 6.45) is 15.0. The number of phenols is 2. The molecule has 2 unspecified atom stereocenters. The largest absolute Gasteiger partial charge is 0.507 e. The van der Waals surface area contributed by atoms with E-state index in [-0.39, 0.29) is 5.75 Å². The van der Waals surface area contributed by atoms with Gasteiger partial charge in [0.05, 0.1) is 0 Å². The molecular formula is C32H50O2. The minimum absolute atomic E-state index is 0.284. The highest BCUT2D eigenvalue weighted by molar-refractivity contribution is 5.97. The van der Waals surface area contributed by atoms with Crippen LogP contribution >= 0.6 is 0 Å². The summed E-state index contributed by atoms with van der Waals surface area (Å²) >= 11 is 0. The zero-order valence-electron chi connectivity index (χ0n) is 23.0. The normalized spacial score (nSPS) is 14.2. The van der Waals surface area contributed by atoms with Gasteiger partial charge in [0.1, 0.15) is 11.5 Å². The van der Waals surface area contributed by atoms with E-state index < -0.39 is 0 Å². The maximum Gasteiger partial charge on any atom is 0.127 e. The van der Waals surface area contributed by atoms with Gasteiger partial charge in [-0.3, -0.25) is 0 Å². The maximum atomic E-state index is 10.7. The van der Waals surface area contributed by atoms with E-state index >= 15 is 0 Å². The van der Waals surface area contributed by atoms with Gasteiger partial charge < -0.3 is 10.2 Å². The van der Waals surface area contributed by atoms with Gasteiger partial charge in [0.25, 0.3) is 0 Å². The van der Waals surface area contributed by atoms with Crippen LogP contribution in [0.25, 0.3) is 10.8 Å². The van der Waals surface area contributed by atoms with Crippen molar-refractivity contribution in [3.8, 4) is 11.5 Å². The summed E-state index contributed by atoms with van der Waals surface area (Å²) in [7, 11) is 0. The third-order valence-electron chi connectivity index (χ3n) is 7.73. The minimum Gasteiger partial charge on any atom is -0.507 e. The Balaban J connectivity index is 1.79. The standard InChI is InChI=1S/C32H50O2/c1-22(2)12-8-13-23(3)14-9-15-24(4)16-10-17-25(5)20-21-28-18-11-19-29-30(28)32(34)27(7)26(6)31(29)33/h11,18-20,22-24,33-34H,8-10,12-17,21H2,1-7H3. The summed E-state index contributed by atoms with van der Waals surface area (Å²) in [5.74, 6) is 3.10. The molecular weight excluding hydrogens is 416 g/mol. The summed E-state index contributed by atoms with van der Waals surface area (Å²) < 4.78 is 0. The lowest BCUT2D eigenvalue weighted by Crippen LogP contribution is -2.00. The molecule has 0 radical (unpaired) electrons. The molecule has 190 valence electrons. The molecule has 2 aromatic carbocycles. The van der Waals surface area contributed by atoms with Crippen LogP contribution in [0.15, 0.2) is 29.8 Å². The summed E-state index contributed by atoms with van der Waals surface area (Å²) in [4.78, 5) is 0. The molecule has 0 fully saturated rings. The molecule has 0 aliphatic heterocycles. The van der Waals surface area contributed by atoms with E-state index in [1.165, 1.54) is 56.9 Å². The predicted molar refractivity (Wildman–Crippen MR) is 149 cm³/mol. The smallest absolute Gasteiger partial charge is 0.127 e. The Labute approximate surface area is 209 Å². The molecule has 0 heterocycles. The first-order valence-electron chi connectivity index (χ1n) is 13.7. The van der Waals surface area contributed by atoms with E-state index in [1.54, 1.807) is 0 Å². The Morgan fingerprint density at radius 1 is 0.794 bits per heavy atom. The van der Waals surface area contributed by atoms with Crippen molar-refractivity contribution in [1.29, 1.82) is 0 Å². The fraction of sp³-hybridized carbons (Fsp3) is 0.625. The SMILES string of the molecule is CC(=CCc1cccc2c(O)c(C)c(C)c(O)c12)CCCC(C)CCCC(C)CCCC(C)C. The van der Waals surface area contributed by atoms with E-state index in [4.69, 9.17) is 0 Å². The van der Waals surface area contributed by atoms with Crippen molar-refractivity contribution in [3.63, 3.8) is 0 Å². The number of rotatable bonds is 14. The van der Waals surface area contributed by atoms with Crippen LogP contribution < -0.4 is 0 Å². The second kappa shape index (κ2) is 13.8. The molecule has 0 bridgehead atoms. The molecule has 0 saturated carbocycles. The van der Waals surface area contributed by atoms with Crippen molar-refractivity contribution in [2.75, 3.05) is 0 Å².